The molecule has 1 atom stereocenters. The maximum absolute atomic E-state index is 13.2. The summed E-state index contributed by atoms with van der Waals surface area (Å²) in [6, 6.07) is 12.0. The van der Waals surface area contributed by atoms with Crippen LogP contribution in [0.1, 0.15) is 22.8 Å². The van der Waals surface area contributed by atoms with E-state index in [4.69, 9.17) is 9.47 Å². The number of hydrogen-bond donors (Lipinski definition) is 1. The van der Waals surface area contributed by atoms with E-state index < -0.39 is 6.04 Å². The minimum absolute atomic E-state index is 0.155. The zero-order valence-electron chi connectivity index (χ0n) is 15.1. The number of nitrogens with one attached hydrogen (secondary N) is 1. The second-order valence-electron chi connectivity index (χ2n) is 5.99. The van der Waals surface area contributed by atoms with Gasteiger partial charge in [-0.05, 0) is 36.8 Å². The first-order valence-corrected chi connectivity index (χ1v) is 8.51. The molecule has 1 N–H and O–H groups in total. The summed E-state index contributed by atoms with van der Waals surface area (Å²) in [5.74, 6) is 0.622. The number of anilines is 1. The van der Waals surface area contributed by atoms with Crippen molar-refractivity contribution >= 4 is 17.5 Å². The summed E-state index contributed by atoms with van der Waals surface area (Å²) in [4.78, 5) is 27.4. The number of amides is 2. The molecule has 1 heterocycles. The summed E-state index contributed by atoms with van der Waals surface area (Å²) >= 11 is 0. The Balaban J connectivity index is 2.00. The second-order valence-corrected chi connectivity index (χ2v) is 5.99. The molecule has 0 saturated carbocycles. The molecule has 1 aliphatic heterocycles. The number of para-hydroxylation sites is 1. The molecular formula is C20H22N2O4. The summed E-state index contributed by atoms with van der Waals surface area (Å²) in [6.45, 7) is 2.38. The Morgan fingerprint density at radius 3 is 2.54 bits per heavy atom. The van der Waals surface area contributed by atoms with Crippen molar-refractivity contribution in [2.75, 3.05) is 25.7 Å². The van der Waals surface area contributed by atoms with Gasteiger partial charge in [-0.15, -0.1) is 0 Å². The monoisotopic (exact) mass is 354 g/mol. The van der Waals surface area contributed by atoms with Gasteiger partial charge >= 0.3 is 0 Å². The van der Waals surface area contributed by atoms with Crippen LogP contribution in [0.25, 0.3) is 0 Å². The van der Waals surface area contributed by atoms with E-state index in [9.17, 15) is 9.59 Å². The summed E-state index contributed by atoms with van der Waals surface area (Å²) in [5.41, 5.74) is 2.19. The Bertz CT molecular complexity index is 834. The number of carbonyl (C=O) groups excluding carboxylic acids is 2. The number of carbonyl (C=O) groups is 2. The Labute approximate surface area is 152 Å². The summed E-state index contributed by atoms with van der Waals surface area (Å²) in [5, 5.41) is 2.82. The number of methoxy groups -OCH3 is 2. The van der Waals surface area contributed by atoms with E-state index in [1.807, 2.05) is 31.2 Å². The molecule has 0 aliphatic carbocycles. The lowest BCUT2D eigenvalue weighted by atomic mass is 10.1. The number of fused-ring (bicyclic) bond motifs is 1. The van der Waals surface area contributed by atoms with Gasteiger partial charge in [-0.1, -0.05) is 18.2 Å². The van der Waals surface area contributed by atoms with Crippen LogP contribution in [-0.4, -0.2) is 38.6 Å². The van der Waals surface area contributed by atoms with Gasteiger partial charge < -0.3 is 14.8 Å². The number of ether oxygens (including phenoxy) is 2. The average molecular weight is 354 g/mol. The molecule has 1 unspecified atom stereocenters. The quantitative estimate of drug-likeness (QED) is 0.895. The molecule has 0 spiro atoms. The predicted octanol–water partition coefficient (Wildman–Crippen LogP) is 2.41. The molecule has 136 valence electrons. The fourth-order valence-electron chi connectivity index (χ4n) is 3.25. The lowest BCUT2D eigenvalue weighted by molar-refractivity contribution is -0.122. The van der Waals surface area contributed by atoms with E-state index in [0.717, 1.165) is 11.3 Å². The summed E-state index contributed by atoms with van der Waals surface area (Å²) in [6.07, 6.45) is 0.501. The Morgan fingerprint density at radius 1 is 1.12 bits per heavy atom. The number of rotatable bonds is 5. The third-order valence-corrected chi connectivity index (χ3v) is 4.48. The van der Waals surface area contributed by atoms with E-state index in [-0.39, 0.29) is 11.8 Å². The highest BCUT2D eigenvalue weighted by Gasteiger charge is 2.38. The largest absolute Gasteiger partial charge is 0.493 e. The molecular weight excluding hydrogens is 332 g/mol. The van der Waals surface area contributed by atoms with Crippen LogP contribution in [-0.2, 0) is 11.2 Å². The van der Waals surface area contributed by atoms with E-state index in [1.165, 1.54) is 7.11 Å². The molecule has 6 nitrogen and oxygen atoms in total. The van der Waals surface area contributed by atoms with Crippen LogP contribution < -0.4 is 19.7 Å². The molecule has 0 radical (unpaired) electrons. The van der Waals surface area contributed by atoms with Crippen LogP contribution >= 0.6 is 0 Å². The lowest BCUT2D eigenvalue weighted by Crippen LogP contribution is -2.48. The summed E-state index contributed by atoms with van der Waals surface area (Å²) in [7, 11) is 3.07. The maximum Gasteiger partial charge on any atom is 0.259 e. The number of nitrogens with zero attached hydrogens (tertiary/aromatic N) is 1. The zero-order chi connectivity index (χ0) is 18.7. The van der Waals surface area contributed by atoms with Gasteiger partial charge in [0.05, 0.1) is 14.2 Å². The van der Waals surface area contributed by atoms with Gasteiger partial charge in [0.15, 0.2) is 11.5 Å². The highest BCUT2D eigenvalue weighted by atomic mass is 16.5. The van der Waals surface area contributed by atoms with E-state index in [1.54, 1.807) is 30.2 Å². The van der Waals surface area contributed by atoms with Gasteiger partial charge in [0.2, 0.25) is 5.91 Å². The molecule has 0 fully saturated rings. The van der Waals surface area contributed by atoms with Crippen molar-refractivity contribution in [3.63, 3.8) is 0 Å². The SMILES string of the molecule is CCNC(=O)C1Cc2ccccc2N1C(=O)c1ccc(OC)c(OC)c1. The van der Waals surface area contributed by atoms with Gasteiger partial charge in [0, 0.05) is 24.2 Å². The predicted molar refractivity (Wildman–Crippen MR) is 99.0 cm³/mol. The van der Waals surface area contributed by atoms with Gasteiger partial charge in [0.25, 0.3) is 5.91 Å². The van der Waals surface area contributed by atoms with Crippen LogP contribution in [0.2, 0.25) is 0 Å². The fraction of sp³-hybridized carbons (Fsp3) is 0.300. The molecule has 1 aliphatic rings. The van der Waals surface area contributed by atoms with Crippen molar-refractivity contribution in [2.45, 2.75) is 19.4 Å². The first-order chi connectivity index (χ1) is 12.6. The fourth-order valence-corrected chi connectivity index (χ4v) is 3.25. The van der Waals surface area contributed by atoms with Crippen molar-refractivity contribution in [1.29, 1.82) is 0 Å². The first-order valence-electron chi connectivity index (χ1n) is 8.51. The Hall–Kier alpha value is -3.02. The summed E-state index contributed by atoms with van der Waals surface area (Å²) < 4.78 is 10.5. The van der Waals surface area contributed by atoms with Crippen molar-refractivity contribution in [1.82, 2.24) is 5.32 Å². The molecule has 3 rings (SSSR count). The second kappa shape index (κ2) is 7.47. The van der Waals surface area contributed by atoms with Crippen molar-refractivity contribution in [3.8, 4) is 11.5 Å². The third kappa shape index (κ3) is 3.10. The van der Waals surface area contributed by atoms with Crippen LogP contribution in [0.4, 0.5) is 5.69 Å². The van der Waals surface area contributed by atoms with Crippen LogP contribution in [0.15, 0.2) is 42.5 Å². The standard InChI is InChI=1S/C20H22N2O4/c1-4-21-19(23)16-11-13-7-5-6-8-15(13)22(16)20(24)14-9-10-17(25-2)18(12-14)26-3/h5-10,12,16H,4,11H2,1-3H3,(H,21,23). The van der Waals surface area contributed by atoms with Gasteiger partial charge in [-0.3, -0.25) is 14.5 Å². The first kappa shape index (κ1) is 17.8. The molecule has 2 amide bonds. The molecule has 0 bridgehead atoms. The van der Waals surface area contributed by atoms with Crippen LogP contribution in [0.3, 0.4) is 0 Å². The number of likely N-dealkylation sites (N-methyl/N-ethyl adjacent to an activating group) is 1. The number of benzene rings is 2. The molecule has 2 aromatic rings. The molecule has 0 aromatic heterocycles. The average Bonchev–Trinajstić information content (AvgIpc) is 3.06. The lowest BCUT2D eigenvalue weighted by Gasteiger charge is -2.25. The topological polar surface area (TPSA) is 67.9 Å². The van der Waals surface area contributed by atoms with Crippen molar-refractivity contribution in [3.05, 3.63) is 53.6 Å². The molecule has 6 heteroatoms. The Kier molecular flexibility index (Phi) is 5.11. The van der Waals surface area contributed by atoms with E-state index >= 15 is 0 Å². The molecule has 2 aromatic carbocycles. The molecule has 26 heavy (non-hydrogen) atoms. The smallest absolute Gasteiger partial charge is 0.259 e. The van der Waals surface area contributed by atoms with E-state index in [2.05, 4.69) is 5.32 Å². The third-order valence-electron chi connectivity index (χ3n) is 4.48. The van der Waals surface area contributed by atoms with Gasteiger partial charge in [-0.25, -0.2) is 0 Å². The molecule has 0 saturated heterocycles. The van der Waals surface area contributed by atoms with Crippen LogP contribution in [0.5, 0.6) is 11.5 Å². The van der Waals surface area contributed by atoms with Crippen molar-refractivity contribution in [2.24, 2.45) is 0 Å². The van der Waals surface area contributed by atoms with Crippen LogP contribution in [0, 0.1) is 0 Å². The minimum Gasteiger partial charge on any atom is -0.493 e. The zero-order valence-corrected chi connectivity index (χ0v) is 15.1. The van der Waals surface area contributed by atoms with Gasteiger partial charge in [0.1, 0.15) is 6.04 Å². The number of hydrogen-bond acceptors (Lipinski definition) is 4. The highest BCUT2D eigenvalue weighted by Crippen LogP contribution is 2.35. The van der Waals surface area contributed by atoms with E-state index in [0.29, 0.717) is 30.0 Å². The van der Waals surface area contributed by atoms with Gasteiger partial charge in [-0.2, -0.15) is 0 Å². The Morgan fingerprint density at radius 2 is 1.85 bits per heavy atom. The maximum atomic E-state index is 13.2. The normalized spacial score (nSPS) is 15.3. The highest BCUT2D eigenvalue weighted by molar-refractivity contribution is 6.11. The van der Waals surface area contributed by atoms with Crippen molar-refractivity contribution < 1.29 is 19.1 Å². The minimum atomic E-state index is -0.562.